The molecular weight excluding hydrogens is 474 g/mol. The number of halogens is 1. The molecule has 0 amide bonds. The molecule has 1 aliphatic heterocycles. The Labute approximate surface area is 204 Å². The van der Waals surface area contributed by atoms with Gasteiger partial charge in [-0.15, -0.1) is 0 Å². The second-order valence-corrected chi connectivity index (χ2v) is 10.4. The molecule has 176 valence electrons. The SMILES string of the molecule is COc1ccc([C@@H]2CC=C(C(=O)O)[C@H](c3ccc(Cl)cc3)N2S(=O)(=O)c2ccc(C)cc2)cc1. The Hall–Kier alpha value is -3.13. The largest absolute Gasteiger partial charge is 0.497 e. The van der Waals surface area contributed by atoms with Gasteiger partial charge in [0.05, 0.1) is 29.7 Å². The fourth-order valence-electron chi connectivity index (χ4n) is 4.19. The van der Waals surface area contributed by atoms with Crippen LogP contribution in [0.2, 0.25) is 5.02 Å². The van der Waals surface area contributed by atoms with E-state index in [1.165, 1.54) is 4.31 Å². The van der Waals surface area contributed by atoms with Crippen molar-refractivity contribution in [3.05, 3.63) is 106 Å². The number of hydrogen-bond acceptors (Lipinski definition) is 4. The molecule has 6 nitrogen and oxygen atoms in total. The molecule has 8 heteroatoms. The van der Waals surface area contributed by atoms with Gasteiger partial charge in [0.25, 0.3) is 0 Å². The van der Waals surface area contributed by atoms with E-state index in [0.29, 0.717) is 16.3 Å². The lowest BCUT2D eigenvalue weighted by molar-refractivity contribution is -0.133. The van der Waals surface area contributed by atoms with Gasteiger partial charge in [0, 0.05) is 5.02 Å². The molecule has 0 bridgehead atoms. The molecule has 0 saturated heterocycles. The average molecular weight is 498 g/mol. The van der Waals surface area contributed by atoms with Gasteiger partial charge in [-0.3, -0.25) is 0 Å². The monoisotopic (exact) mass is 497 g/mol. The highest BCUT2D eigenvalue weighted by molar-refractivity contribution is 7.89. The minimum absolute atomic E-state index is 0.00257. The summed E-state index contributed by atoms with van der Waals surface area (Å²) in [5, 5.41) is 10.5. The summed E-state index contributed by atoms with van der Waals surface area (Å²) in [6.07, 6.45) is 1.82. The van der Waals surface area contributed by atoms with Crippen molar-refractivity contribution in [3.63, 3.8) is 0 Å². The van der Waals surface area contributed by atoms with Gasteiger partial charge >= 0.3 is 5.97 Å². The number of benzene rings is 3. The number of carboxylic acid groups (broad SMARTS) is 1. The van der Waals surface area contributed by atoms with E-state index in [0.717, 1.165) is 11.1 Å². The van der Waals surface area contributed by atoms with Crippen molar-refractivity contribution < 1.29 is 23.1 Å². The molecule has 1 heterocycles. The number of sulfonamides is 1. The van der Waals surface area contributed by atoms with E-state index < -0.39 is 28.1 Å². The van der Waals surface area contributed by atoms with Gasteiger partial charge in [-0.05, 0) is 60.9 Å². The van der Waals surface area contributed by atoms with Crippen LogP contribution < -0.4 is 4.74 Å². The summed E-state index contributed by atoms with van der Waals surface area (Å²) in [5.41, 5.74) is 2.18. The quantitative estimate of drug-likeness (QED) is 0.483. The van der Waals surface area contributed by atoms with E-state index in [1.807, 2.05) is 6.92 Å². The Morgan fingerprint density at radius 1 is 0.971 bits per heavy atom. The molecule has 0 fully saturated rings. The zero-order valence-electron chi connectivity index (χ0n) is 18.7. The Kier molecular flexibility index (Phi) is 6.79. The van der Waals surface area contributed by atoms with Crippen molar-refractivity contribution in [2.45, 2.75) is 30.3 Å². The normalized spacial score (nSPS) is 18.9. The first-order valence-electron chi connectivity index (χ1n) is 10.7. The molecule has 0 spiro atoms. The molecule has 3 aromatic carbocycles. The first kappa shape index (κ1) is 24.0. The molecule has 0 saturated carbocycles. The molecule has 0 unspecified atom stereocenters. The van der Waals surface area contributed by atoms with Gasteiger partial charge < -0.3 is 9.84 Å². The molecule has 0 radical (unpaired) electrons. The fraction of sp³-hybridized carbons (Fsp3) is 0.192. The second kappa shape index (κ2) is 9.62. The van der Waals surface area contributed by atoms with Crippen molar-refractivity contribution in [1.82, 2.24) is 4.31 Å². The third-order valence-corrected chi connectivity index (χ3v) is 8.09. The number of methoxy groups -OCH3 is 1. The van der Waals surface area contributed by atoms with Gasteiger partial charge in [-0.25, -0.2) is 13.2 Å². The Morgan fingerprint density at radius 2 is 1.56 bits per heavy atom. The van der Waals surface area contributed by atoms with Crippen molar-refractivity contribution in [2.24, 2.45) is 0 Å². The zero-order chi connectivity index (χ0) is 24.5. The van der Waals surface area contributed by atoms with Crippen LogP contribution in [0.1, 0.15) is 35.2 Å². The van der Waals surface area contributed by atoms with E-state index in [1.54, 1.807) is 86.0 Å². The van der Waals surface area contributed by atoms with Crippen molar-refractivity contribution in [2.75, 3.05) is 7.11 Å². The van der Waals surface area contributed by atoms with Crippen LogP contribution in [0, 0.1) is 6.92 Å². The fourth-order valence-corrected chi connectivity index (χ4v) is 6.10. The summed E-state index contributed by atoms with van der Waals surface area (Å²) in [4.78, 5) is 12.4. The number of aryl methyl sites for hydroxylation is 1. The second-order valence-electron chi connectivity index (χ2n) is 8.09. The Bertz CT molecular complexity index is 1320. The van der Waals surface area contributed by atoms with Gasteiger partial charge in [-0.2, -0.15) is 4.31 Å². The van der Waals surface area contributed by atoms with Gasteiger partial charge in [0.2, 0.25) is 10.0 Å². The van der Waals surface area contributed by atoms with Crippen LogP contribution in [0.3, 0.4) is 0 Å². The summed E-state index contributed by atoms with van der Waals surface area (Å²) >= 11 is 6.06. The van der Waals surface area contributed by atoms with Crippen molar-refractivity contribution in [3.8, 4) is 5.75 Å². The molecule has 1 N–H and O–H groups in total. The minimum atomic E-state index is -4.10. The summed E-state index contributed by atoms with van der Waals surface area (Å²) in [7, 11) is -2.54. The zero-order valence-corrected chi connectivity index (χ0v) is 20.3. The first-order valence-corrected chi connectivity index (χ1v) is 12.5. The lowest BCUT2D eigenvalue weighted by Gasteiger charge is -2.40. The predicted molar refractivity (Wildman–Crippen MR) is 130 cm³/mol. The third kappa shape index (κ3) is 4.59. The first-order chi connectivity index (χ1) is 16.2. The van der Waals surface area contributed by atoms with E-state index in [4.69, 9.17) is 16.3 Å². The molecule has 4 rings (SSSR count). The number of carboxylic acids is 1. The van der Waals surface area contributed by atoms with E-state index in [2.05, 4.69) is 0 Å². The predicted octanol–water partition coefficient (Wildman–Crippen LogP) is 5.55. The lowest BCUT2D eigenvalue weighted by Crippen LogP contribution is -2.42. The maximum absolute atomic E-state index is 14.1. The molecule has 0 aromatic heterocycles. The molecular formula is C26H24ClNO5S. The highest BCUT2D eigenvalue weighted by Crippen LogP contribution is 2.46. The smallest absolute Gasteiger partial charge is 0.333 e. The molecule has 0 aliphatic carbocycles. The topological polar surface area (TPSA) is 83.9 Å². The van der Waals surface area contributed by atoms with Gasteiger partial charge in [0.15, 0.2) is 0 Å². The maximum Gasteiger partial charge on any atom is 0.333 e. The summed E-state index contributed by atoms with van der Waals surface area (Å²) in [6, 6.07) is 18.6. The van der Waals surface area contributed by atoms with E-state index in [-0.39, 0.29) is 16.9 Å². The van der Waals surface area contributed by atoms with Crippen LogP contribution in [0.4, 0.5) is 0 Å². The lowest BCUT2D eigenvalue weighted by atomic mass is 9.89. The van der Waals surface area contributed by atoms with E-state index in [9.17, 15) is 18.3 Å². The number of aliphatic carboxylic acids is 1. The van der Waals surface area contributed by atoms with Crippen LogP contribution in [0.25, 0.3) is 0 Å². The number of carbonyl (C=O) groups is 1. The third-order valence-electron chi connectivity index (χ3n) is 5.95. The van der Waals surface area contributed by atoms with Crippen LogP contribution in [-0.4, -0.2) is 30.9 Å². The molecule has 1 aliphatic rings. The van der Waals surface area contributed by atoms with Crippen molar-refractivity contribution >= 4 is 27.6 Å². The minimum Gasteiger partial charge on any atom is -0.497 e. The van der Waals surface area contributed by atoms with Crippen molar-refractivity contribution in [1.29, 1.82) is 0 Å². The van der Waals surface area contributed by atoms with Crippen LogP contribution in [-0.2, 0) is 14.8 Å². The summed E-state index contributed by atoms with van der Waals surface area (Å²) in [6.45, 7) is 1.87. The standard InChI is InChI=1S/C26H24ClNO5S/c1-17-3-13-22(14-4-17)34(31,32)28-24(18-7-11-21(33-2)12-8-18)16-15-23(26(29)30)25(28)19-5-9-20(27)10-6-19/h3-15,24-25H,16H2,1-2H3,(H,29,30)/t24-,25-/m0/s1. The molecule has 2 atom stereocenters. The highest BCUT2D eigenvalue weighted by atomic mass is 35.5. The Morgan fingerprint density at radius 3 is 2.12 bits per heavy atom. The van der Waals surface area contributed by atoms with E-state index >= 15 is 0 Å². The van der Waals surface area contributed by atoms with Gasteiger partial charge in [-0.1, -0.05) is 59.6 Å². The number of hydrogen-bond donors (Lipinski definition) is 1. The van der Waals surface area contributed by atoms with Crippen LogP contribution in [0.5, 0.6) is 5.75 Å². The summed E-state index contributed by atoms with van der Waals surface area (Å²) < 4.78 is 34.7. The number of ether oxygens (including phenoxy) is 1. The maximum atomic E-state index is 14.1. The highest BCUT2D eigenvalue weighted by Gasteiger charge is 2.44. The number of nitrogens with zero attached hydrogens (tertiary/aromatic N) is 1. The molecule has 3 aromatic rings. The average Bonchev–Trinajstić information content (AvgIpc) is 2.84. The molecule has 34 heavy (non-hydrogen) atoms. The summed E-state index contributed by atoms with van der Waals surface area (Å²) in [5.74, 6) is -0.527. The number of rotatable bonds is 6. The van der Waals surface area contributed by atoms with Crippen LogP contribution in [0.15, 0.2) is 89.3 Å². The Balaban J connectivity index is 1.94. The van der Waals surface area contributed by atoms with Crippen LogP contribution >= 0.6 is 11.6 Å². The van der Waals surface area contributed by atoms with Gasteiger partial charge in [0.1, 0.15) is 5.75 Å².